The number of nitrogens with one attached hydrogen (secondary N) is 2. The fraction of sp³-hybridized carbons (Fsp3) is 0.308. The van der Waals surface area contributed by atoms with E-state index in [1.165, 1.54) is 22.5 Å². The molecule has 0 bridgehead atoms. The van der Waals surface area contributed by atoms with Gasteiger partial charge in [-0.25, -0.2) is 4.79 Å². The number of carbonyl (C=O) groups excluding carboxylic acids is 2. The van der Waals surface area contributed by atoms with Gasteiger partial charge in [-0.2, -0.15) is 0 Å². The summed E-state index contributed by atoms with van der Waals surface area (Å²) in [5.41, 5.74) is 4.24. The Morgan fingerprint density at radius 1 is 1.03 bits per heavy atom. The maximum Gasteiger partial charge on any atom is 0.414 e. The van der Waals surface area contributed by atoms with Gasteiger partial charge in [0, 0.05) is 18.8 Å². The number of fused-ring (bicyclic) bond motifs is 1. The zero-order valence-electron chi connectivity index (χ0n) is 19.2. The molecule has 2 aromatic carbocycles. The molecule has 0 radical (unpaired) electrons. The summed E-state index contributed by atoms with van der Waals surface area (Å²) < 4.78 is 11.0. The van der Waals surface area contributed by atoms with E-state index in [4.69, 9.17) is 9.47 Å². The average Bonchev–Trinajstić information content (AvgIpc) is 3.27. The number of anilines is 1. The molecule has 2 amide bonds. The van der Waals surface area contributed by atoms with Crippen molar-refractivity contribution in [1.82, 2.24) is 10.2 Å². The lowest BCUT2D eigenvalue weighted by Gasteiger charge is -2.19. The molecule has 178 valence electrons. The normalized spacial score (nSPS) is 14.5. The summed E-state index contributed by atoms with van der Waals surface area (Å²) in [6, 6.07) is 18.2. The van der Waals surface area contributed by atoms with Crippen LogP contribution in [0.15, 0.2) is 66.0 Å². The van der Waals surface area contributed by atoms with Crippen molar-refractivity contribution in [3.63, 3.8) is 0 Å². The first-order valence-electron chi connectivity index (χ1n) is 11.3. The number of likely N-dealkylation sites (N-methyl/N-ethyl adjacent to an activating group) is 1. The Morgan fingerprint density at radius 2 is 1.82 bits per heavy atom. The van der Waals surface area contributed by atoms with Gasteiger partial charge in [0.1, 0.15) is 6.04 Å². The van der Waals surface area contributed by atoms with Crippen LogP contribution >= 0.6 is 11.3 Å². The Hall–Kier alpha value is -3.20. The van der Waals surface area contributed by atoms with Crippen LogP contribution in [-0.2, 0) is 29.0 Å². The summed E-state index contributed by atoms with van der Waals surface area (Å²) in [5.74, 6) is -0.359. The van der Waals surface area contributed by atoms with Crippen LogP contribution in [0.3, 0.4) is 0 Å². The minimum absolute atomic E-state index is 0.00992. The van der Waals surface area contributed by atoms with Crippen molar-refractivity contribution < 1.29 is 19.1 Å². The lowest BCUT2D eigenvalue weighted by atomic mass is 10.0. The molecular weight excluding hydrogens is 450 g/mol. The topological polar surface area (TPSA) is 79.9 Å². The van der Waals surface area contributed by atoms with E-state index < -0.39 is 12.1 Å². The third-order valence-electron chi connectivity index (χ3n) is 5.69. The van der Waals surface area contributed by atoms with Gasteiger partial charge in [-0.3, -0.25) is 4.79 Å². The quantitative estimate of drug-likeness (QED) is 0.509. The van der Waals surface area contributed by atoms with Crippen LogP contribution in [-0.4, -0.2) is 49.7 Å². The van der Waals surface area contributed by atoms with Gasteiger partial charge >= 0.3 is 6.09 Å². The fourth-order valence-electron chi connectivity index (χ4n) is 3.78. The second kappa shape index (κ2) is 11.8. The van der Waals surface area contributed by atoms with Crippen molar-refractivity contribution >= 4 is 29.0 Å². The first-order valence-corrected chi connectivity index (χ1v) is 12.2. The van der Waals surface area contributed by atoms with Gasteiger partial charge < -0.3 is 25.0 Å². The molecule has 1 atom stereocenters. The highest BCUT2D eigenvalue weighted by Crippen LogP contribution is 2.21. The standard InChI is InChI=1S/C26H29N3O4S/c1-29-13-11-20-9-10-22(16-21(20)12-14-29)27-25(30)23(18-32-17-19-6-3-2-4-7-19)28-26(31)33-24-8-5-15-34-24/h2-10,15-16,23H,11-14,17-18H2,1H3,(H,27,30)(H,28,31)/t23-/m0/s1. The van der Waals surface area contributed by atoms with E-state index in [2.05, 4.69) is 28.6 Å². The Labute approximate surface area is 203 Å². The molecule has 0 fully saturated rings. The molecule has 2 N–H and O–H groups in total. The SMILES string of the molecule is CN1CCc2ccc(NC(=O)[C@H](COCc3ccccc3)NC(=O)Oc3cccs3)cc2CC1. The number of nitrogens with zero attached hydrogens (tertiary/aromatic N) is 1. The number of amides is 2. The predicted molar refractivity (Wildman–Crippen MR) is 133 cm³/mol. The van der Waals surface area contributed by atoms with Crippen LogP contribution in [0.25, 0.3) is 0 Å². The fourth-order valence-corrected chi connectivity index (χ4v) is 4.35. The molecule has 0 unspecified atom stereocenters. The maximum atomic E-state index is 13.1. The average molecular weight is 480 g/mol. The molecule has 8 heteroatoms. The zero-order chi connectivity index (χ0) is 23.8. The van der Waals surface area contributed by atoms with E-state index in [1.54, 1.807) is 12.1 Å². The van der Waals surface area contributed by atoms with Gasteiger partial charge in [0.25, 0.3) is 0 Å². The van der Waals surface area contributed by atoms with Gasteiger partial charge in [-0.15, -0.1) is 11.3 Å². The van der Waals surface area contributed by atoms with Crippen LogP contribution < -0.4 is 15.4 Å². The predicted octanol–water partition coefficient (Wildman–Crippen LogP) is 4.09. The van der Waals surface area contributed by atoms with E-state index >= 15 is 0 Å². The lowest BCUT2D eigenvalue weighted by molar-refractivity contribution is -0.119. The van der Waals surface area contributed by atoms with Gasteiger partial charge in [-0.05, 0) is 66.2 Å². The van der Waals surface area contributed by atoms with Crippen molar-refractivity contribution in [3.05, 3.63) is 82.7 Å². The Balaban J connectivity index is 1.41. The minimum atomic E-state index is -0.916. The third-order valence-corrected chi connectivity index (χ3v) is 6.44. The van der Waals surface area contributed by atoms with Gasteiger partial charge in [0.15, 0.2) is 5.06 Å². The zero-order valence-corrected chi connectivity index (χ0v) is 20.0. The first kappa shape index (κ1) is 23.9. The van der Waals surface area contributed by atoms with Crippen molar-refractivity contribution in [2.45, 2.75) is 25.5 Å². The number of hydrogen-bond acceptors (Lipinski definition) is 6. The van der Waals surface area contributed by atoms with Crippen molar-refractivity contribution in [3.8, 4) is 5.06 Å². The molecule has 2 heterocycles. The summed E-state index contributed by atoms with van der Waals surface area (Å²) >= 11 is 1.30. The van der Waals surface area contributed by atoms with Crippen molar-refractivity contribution in [2.75, 3.05) is 32.1 Å². The van der Waals surface area contributed by atoms with Gasteiger partial charge in [-0.1, -0.05) is 36.4 Å². The van der Waals surface area contributed by atoms with E-state index in [1.807, 2.05) is 47.8 Å². The number of rotatable bonds is 8. The smallest absolute Gasteiger partial charge is 0.399 e. The summed E-state index contributed by atoms with van der Waals surface area (Å²) in [6.45, 7) is 2.35. The molecule has 0 aliphatic carbocycles. The Morgan fingerprint density at radius 3 is 2.59 bits per heavy atom. The highest BCUT2D eigenvalue weighted by molar-refractivity contribution is 7.11. The highest BCUT2D eigenvalue weighted by Gasteiger charge is 2.23. The monoisotopic (exact) mass is 479 g/mol. The summed E-state index contributed by atoms with van der Waals surface area (Å²) in [6.07, 6.45) is 1.23. The van der Waals surface area contributed by atoms with Crippen LogP contribution in [0.5, 0.6) is 5.06 Å². The number of hydrogen-bond donors (Lipinski definition) is 2. The van der Waals surface area contributed by atoms with Gasteiger partial charge in [0.05, 0.1) is 13.2 Å². The van der Waals surface area contributed by atoms with E-state index in [9.17, 15) is 9.59 Å². The molecule has 34 heavy (non-hydrogen) atoms. The first-order chi connectivity index (χ1) is 16.6. The van der Waals surface area contributed by atoms with Crippen LogP contribution in [0.4, 0.5) is 10.5 Å². The van der Waals surface area contributed by atoms with E-state index in [-0.39, 0.29) is 12.5 Å². The molecule has 4 rings (SSSR count). The molecular formula is C26H29N3O4S. The van der Waals surface area contributed by atoms with E-state index in [0.717, 1.165) is 31.5 Å². The minimum Gasteiger partial charge on any atom is -0.399 e. The molecule has 7 nitrogen and oxygen atoms in total. The summed E-state index contributed by atoms with van der Waals surface area (Å²) in [7, 11) is 2.12. The number of benzene rings is 2. The number of carbonyl (C=O) groups is 2. The van der Waals surface area contributed by atoms with Gasteiger partial charge in [0.2, 0.25) is 5.91 Å². The van der Waals surface area contributed by atoms with Crippen LogP contribution in [0.2, 0.25) is 0 Å². The third kappa shape index (κ3) is 6.90. The van der Waals surface area contributed by atoms with E-state index in [0.29, 0.717) is 17.4 Å². The Bertz CT molecular complexity index is 1090. The molecule has 1 aliphatic rings. The highest BCUT2D eigenvalue weighted by atomic mass is 32.1. The molecule has 1 aliphatic heterocycles. The summed E-state index contributed by atoms with van der Waals surface area (Å²) in [5, 5.41) is 7.85. The molecule has 0 saturated heterocycles. The number of thiophene rings is 1. The van der Waals surface area contributed by atoms with Crippen LogP contribution in [0.1, 0.15) is 16.7 Å². The molecule has 3 aromatic rings. The Kier molecular flexibility index (Phi) is 8.30. The maximum absolute atomic E-state index is 13.1. The second-order valence-corrected chi connectivity index (χ2v) is 9.21. The van der Waals surface area contributed by atoms with Crippen molar-refractivity contribution in [1.29, 1.82) is 0 Å². The van der Waals surface area contributed by atoms with Crippen molar-refractivity contribution in [2.24, 2.45) is 0 Å². The molecule has 0 spiro atoms. The second-order valence-electron chi connectivity index (χ2n) is 8.30. The lowest BCUT2D eigenvalue weighted by Crippen LogP contribution is -2.47. The van der Waals surface area contributed by atoms with Crippen LogP contribution in [0, 0.1) is 0 Å². The molecule has 1 aromatic heterocycles. The summed E-state index contributed by atoms with van der Waals surface area (Å²) in [4.78, 5) is 27.8. The number of ether oxygens (including phenoxy) is 2. The largest absolute Gasteiger partial charge is 0.414 e. The molecule has 0 saturated carbocycles.